The van der Waals surface area contributed by atoms with Crippen LogP contribution in [0, 0.1) is 5.92 Å². The number of nitrogens with two attached hydrogens (primary N) is 1. The molecule has 114 valence electrons. The van der Waals surface area contributed by atoms with Crippen LogP contribution in [0.2, 0.25) is 0 Å². The Morgan fingerprint density at radius 3 is 2.25 bits per heavy atom. The van der Waals surface area contributed by atoms with E-state index in [0.29, 0.717) is 6.04 Å². The highest BCUT2D eigenvalue weighted by Crippen LogP contribution is 2.22. The molecule has 1 aliphatic heterocycles. The number of hydrogen-bond donors (Lipinski definition) is 2. The van der Waals surface area contributed by atoms with Gasteiger partial charge in [-0.2, -0.15) is 0 Å². The minimum absolute atomic E-state index is 0.105. The van der Waals surface area contributed by atoms with Crippen LogP contribution in [0.3, 0.4) is 0 Å². The second kappa shape index (κ2) is 7.07. The van der Waals surface area contributed by atoms with Crippen LogP contribution in [0.15, 0.2) is 0 Å². The highest BCUT2D eigenvalue weighted by Gasteiger charge is 2.29. The summed E-state index contributed by atoms with van der Waals surface area (Å²) in [6.07, 6.45) is 7.69. The molecule has 0 unspecified atom stereocenters. The Morgan fingerprint density at radius 2 is 1.70 bits per heavy atom. The molecule has 2 amide bonds. The predicted octanol–water partition coefficient (Wildman–Crippen LogP) is 1.02. The van der Waals surface area contributed by atoms with E-state index in [0.717, 1.165) is 38.8 Å². The van der Waals surface area contributed by atoms with Crippen molar-refractivity contribution in [3.63, 3.8) is 0 Å². The van der Waals surface area contributed by atoms with Crippen molar-refractivity contribution in [2.75, 3.05) is 13.1 Å². The Morgan fingerprint density at radius 1 is 1.10 bits per heavy atom. The van der Waals surface area contributed by atoms with Gasteiger partial charge in [0.1, 0.15) is 0 Å². The van der Waals surface area contributed by atoms with Crippen LogP contribution in [-0.4, -0.2) is 41.9 Å². The van der Waals surface area contributed by atoms with Gasteiger partial charge in [0, 0.05) is 12.0 Å². The Balaban J connectivity index is 1.75. The first kappa shape index (κ1) is 15.3. The van der Waals surface area contributed by atoms with Crippen molar-refractivity contribution in [3.8, 4) is 0 Å². The van der Waals surface area contributed by atoms with E-state index in [-0.39, 0.29) is 23.8 Å². The number of nitrogens with one attached hydrogen (secondary N) is 1. The zero-order valence-electron chi connectivity index (χ0n) is 12.4. The molecule has 1 heterocycles. The maximum absolute atomic E-state index is 12.3. The van der Waals surface area contributed by atoms with E-state index in [9.17, 15) is 9.59 Å². The van der Waals surface area contributed by atoms with Crippen molar-refractivity contribution in [1.82, 2.24) is 10.2 Å². The Labute approximate surface area is 121 Å². The minimum atomic E-state index is -0.282. The second-order valence-electron chi connectivity index (χ2n) is 6.23. The quantitative estimate of drug-likeness (QED) is 0.808. The van der Waals surface area contributed by atoms with E-state index in [2.05, 4.69) is 10.2 Å². The van der Waals surface area contributed by atoms with Gasteiger partial charge >= 0.3 is 0 Å². The van der Waals surface area contributed by atoms with Crippen LogP contribution in [0.4, 0.5) is 0 Å². The van der Waals surface area contributed by atoms with Gasteiger partial charge in [-0.3, -0.25) is 14.5 Å². The molecule has 20 heavy (non-hydrogen) atoms. The Bertz CT molecular complexity index is 345. The molecule has 0 aromatic carbocycles. The van der Waals surface area contributed by atoms with E-state index >= 15 is 0 Å². The zero-order chi connectivity index (χ0) is 14.5. The lowest BCUT2D eigenvalue weighted by Gasteiger charge is -2.35. The summed E-state index contributed by atoms with van der Waals surface area (Å²) in [4.78, 5) is 25.5. The maximum Gasteiger partial charge on any atom is 0.234 e. The average Bonchev–Trinajstić information content (AvgIpc) is 2.47. The lowest BCUT2D eigenvalue weighted by Crippen LogP contribution is -2.49. The van der Waals surface area contributed by atoms with Crippen molar-refractivity contribution in [1.29, 1.82) is 0 Å². The fourth-order valence-electron chi connectivity index (χ4n) is 3.29. The van der Waals surface area contributed by atoms with Gasteiger partial charge in [-0.25, -0.2) is 0 Å². The second-order valence-corrected chi connectivity index (χ2v) is 6.23. The van der Waals surface area contributed by atoms with E-state index in [1.807, 2.05) is 6.92 Å². The van der Waals surface area contributed by atoms with E-state index in [1.54, 1.807) is 0 Å². The SMILES string of the molecule is C[C@@H](C(N)=O)N1CCC(C(=O)NC2CCCCC2)CC1. The molecule has 0 spiro atoms. The number of nitrogens with zero attached hydrogens (tertiary/aromatic N) is 1. The molecule has 3 N–H and O–H groups in total. The van der Waals surface area contributed by atoms with Crippen molar-refractivity contribution >= 4 is 11.8 Å². The molecule has 1 saturated heterocycles. The third-order valence-corrected chi connectivity index (χ3v) is 4.81. The highest BCUT2D eigenvalue weighted by atomic mass is 16.2. The summed E-state index contributed by atoms with van der Waals surface area (Å²) in [6, 6.07) is 0.163. The van der Waals surface area contributed by atoms with E-state index < -0.39 is 0 Å². The molecule has 1 saturated carbocycles. The summed E-state index contributed by atoms with van der Waals surface area (Å²) in [5.41, 5.74) is 5.33. The number of hydrogen-bond acceptors (Lipinski definition) is 3. The van der Waals surface area contributed by atoms with Crippen LogP contribution >= 0.6 is 0 Å². The number of amides is 2. The van der Waals surface area contributed by atoms with Gasteiger partial charge in [-0.1, -0.05) is 19.3 Å². The van der Waals surface area contributed by atoms with Crippen LogP contribution in [-0.2, 0) is 9.59 Å². The summed E-state index contributed by atoms with van der Waals surface area (Å²) in [6.45, 7) is 3.41. The highest BCUT2D eigenvalue weighted by molar-refractivity contribution is 5.80. The van der Waals surface area contributed by atoms with Crippen molar-refractivity contribution < 1.29 is 9.59 Å². The molecule has 1 aliphatic carbocycles. The third-order valence-electron chi connectivity index (χ3n) is 4.81. The van der Waals surface area contributed by atoms with Crippen LogP contribution < -0.4 is 11.1 Å². The standard InChI is InChI=1S/C15H27N3O2/c1-11(14(16)19)18-9-7-12(8-10-18)15(20)17-13-5-3-2-4-6-13/h11-13H,2-10H2,1H3,(H2,16,19)(H,17,20)/t11-/m0/s1. The number of piperidine rings is 1. The first-order chi connectivity index (χ1) is 9.58. The summed E-state index contributed by atoms with van der Waals surface area (Å²) < 4.78 is 0. The van der Waals surface area contributed by atoms with Gasteiger partial charge in [-0.15, -0.1) is 0 Å². The van der Waals surface area contributed by atoms with Crippen LogP contribution in [0.5, 0.6) is 0 Å². The smallest absolute Gasteiger partial charge is 0.234 e. The van der Waals surface area contributed by atoms with E-state index in [4.69, 9.17) is 5.73 Å². The third kappa shape index (κ3) is 3.95. The largest absolute Gasteiger partial charge is 0.368 e. The Hall–Kier alpha value is -1.10. The van der Waals surface area contributed by atoms with Crippen molar-refractivity contribution in [2.24, 2.45) is 11.7 Å². The van der Waals surface area contributed by atoms with Gasteiger partial charge in [0.15, 0.2) is 0 Å². The van der Waals surface area contributed by atoms with Gasteiger partial charge < -0.3 is 11.1 Å². The molecule has 5 heteroatoms. The monoisotopic (exact) mass is 281 g/mol. The average molecular weight is 281 g/mol. The number of primary amides is 1. The molecule has 0 aromatic rings. The molecular weight excluding hydrogens is 254 g/mol. The first-order valence-electron chi connectivity index (χ1n) is 7.91. The zero-order valence-corrected chi connectivity index (χ0v) is 12.4. The van der Waals surface area contributed by atoms with Crippen LogP contribution in [0.25, 0.3) is 0 Å². The molecule has 5 nitrogen and oxygen atoms in total. The predicted molar refractivity (Wildman–Crippen MR) is 78.0 cm³/mol. The lowest BCUT2D eigenvalue weighted by atomic mass is 9.92. The normalized spacial score (nSPS) is 24.2. The summed E-state index contributed by atoms with van der Waals surface area (Å²) in [5.74, 6) is 0.0339. The lowest BCUT2D eigenvalue weighted by molar-refractivity contribution is -0.128. The van der Waals surface area contributed by atoms with Crippen LogP contribution in [0.1, 0.15) is 51.9 Å². The Kier molecular flexibility index (Phi) is 5.40. The van der Waals surface area contributed by atoms with E-state index in [1.165, 1.54) is 19.3 Å². The molecule has 2 fully saturated rings. The summed E-state index contributed by atoms with van der Waals surface area (Å²) >= 11 is 0. The molecule has 0 bridgehead atoms. The molecule has 0 radical (unpaired) electrons. The number of rotatable bonds is 4. The number of carbonyl (C=O) groups is 2. The summed E-state index contributed by atoms with van der Waals surface area (Å²) in [7, 11) is 0. The van der Waals surface area contributed by atoms with Gasteiger partial charge in [0.2, 0.25) is 11.8 Å². The first-order valence-corrected chi connectivity index (χ1v) is 7.91. The molecule has 0 aromatic heterocycles. The topological polar surface area (TPSA) is 75.4 Å². The van der Waals surface area contributed by atoms with Gasteiger partial charge in [0.05, 0.1) is 6.04 Å². The fourth-order valence-corrected chi connectivity index (χ4v) is 3.29. The number of likely N-dealkylation sites (tertiary alicyclic amines) is 1. The molecule has 2 rings (SSSR count). The van der Waals surface area contributed by atoms with Crippen molar-refractivity contribution in [2.45, 2.75) is 64.0 Å². The molecule has 1 atom stereocenters. The molecular formula is C15H27N3O2. The van der Waals surface area contributed by atoms with Gasteiger partial charge in [0.25, 0.3) is 0 Å². The minimum Gasteiger partial charge on any atom is -0.368 e. The summed E-state index contributed by atoms with van der Waals surface area (Å²) in [5, 5.41) is 3.21. The number of carbonyl (C=O) groups excluding carboxylic acids is 2. The fraction of sp³-hybridized carbons (Fsp3) is 0.867. The van der Waals surface area contributed by atoms with Gasteiger partial charge in [-0.05, 0) is 45.7 Å². The molecule has 2 aliphatic rings. The maximum atomic E-state index is 12.3. The van der Waals surface area contributed by atoms with Crippen molar-refractivity contribution in [3.05, 3.63) is 0 Å².